The minimum Gasteiger partial charge on any atom is -0.481 e. The van der Waals surface area contributed by atoms with Crippen LogP contribution in [0.4, 0.5) is 0 Å². The molecule has 3 heteroatoms. The number of aliphatic carboxylic acids is 1. The van der Waals surface area contributed by atoms with Crippen molar-refractivity contribution in [3.63, 3.8) is 0 Å². The molecular weight excluding hydrogens is 202 g/mol. The zero-order chi connectivity index (χ0) is 11.6. The highest BCUT2D eigenvalue weighted by molar-refractivity contribution is 5.67. The summed E-state index contributed by atoms with van der Waals surface area (Å²) >= 11 is 0. The molecule has 2 rings (SSSR count). The second-order valence-corrected chi connectivity index (χ2v) is 5.82. The largest absolute Gasteiger partial charge is 0.481 e. The maximum Gasteiger partial charge on any atom is 0.303 e. The summed E-state index contributed by atoms with van der Waals surface area (Å²) in [5, 5.41) is 9.00. The Labute approximate surface area is 97.4 Å². The van der Waals surface area contributed by atoms with Crippen LogP contribution in [0.15, 0.2) is 0 Å². The lowest BCUT2D eigenvalue weighted by atomic mass is 9.60. The van der Waals surface area contributed by atoms with Gasteiger partial charge in [-0.1, -0.05) is 25.7 Å². The van der Waals surface area contributed by atoms with Crippen LogP contribution in [0.1, 0.15) is 51.4 Å². The van der Waals surface area contributed by atoms with Crippen molar-refractivity contribution in [3.8, 4) is 0 Å². The highest BCUT2D eigenvalue weighted by Crippen LogP contribution is 2.49. The van der Waals surface area contributed by atoms with E-state index < -0.39 is 5.97 Å². The molecule has 0 aromatic rings. The van der Waals surface area contributed by atoms with Gasteiger partial charge in [-0.3, -0.25) is 4.79 Å². The van der Waals surface area contributed by atoms with Crippen molar-refractivity contribution in [3.05, 3.63) is 0 Å². The van der Waals surface area contributed by atoms with Crippen molar-refractivity contribution in [1.82, 2.24) is 0 Å². The predicted molar refractivity (Wildman–Crippen MR) is 63.0 cm³/mol. The van der Waals surface area contributed by atoms with Crippen LogP contribution < -0.4 is 5.73 Å². The van der Waals surface area contributed by atoms with Gasteiger partial charge >= 0.3 is 5.97 Å². The van der Waals surface area contributed by atoms with Crippen LogP contribution in [-0.2, 0) is 4.79 Å². The van der Waals surface area contributed by atoms with E-state index in [4.69, 9.17) is 10.8 Å². The third-order valence-electron chi connectivity index (χ3n) is 4.77. The van der Waals surface area contributed by atoms with E-state index in [1.54, 1.807) is 0 Å². The van der Waals surface area contributed by atoms with Crippen LogP contribution in [0.2, 0.25) is 0 Å². The molecule has 3 N–H and O–H groups in total. The molecule has 3 atom stereocenters. The summed E-state index contributed by atoms with van der Waals surface area (Å²) in [6, 6.07) is 0. The molecule has 0 aromatic carbocycles. The molecule has 16 heavy (non-hydrogen) atoms. The van der Waals surface area contributed by atoms with Crippen LogP contribution in [0.25, 0.3) is 0 Å². The lowest BCUT2D eigenvalue weighted by Gasteiger charge is -2.45. The molecule has 2 aliphatic rings. The number of hydrogen-bond donors (Lipinski definition) is 2. The molecular formula is C13H23NO2. The first-order chi connectivity index (χ1) is 7.65. The van der Waals surface area contributed by atoms with Crippen LogP contribution in [0.3, 0.4) is 0 Å². The molecule has 0 bridgehead atoms. The zero-order valence-electron chi connectivity index (χ0n) is 9.95. The Morgan fingerprint density at radius 2 is 1.94 bits per heavy atom. The summed E-state index contributed by atoms with van der Waals surface area (Å²) < 4.78 is 0. The summed E-state index contributed by atoms with van der Waals surface area (Å²) in [5.74, 6) is 0.937. The van der Waals surface area contributed by atoms with E-state index in [1.807, 2.05) is 0 Å². The Hall–Kier alpha value is -0.570. The highest BCUT2D eigenvalue weighted by atomic mass is 16.4. The predicted octanol–water partition coefficient (Wildman–Crippen LogP) is 2.40. The summed E-state index contributed by atoms with van der Waals surface area (Å²) in [6.45, 7) is 0.544. The van der Waals surface area contributed by atoms with Crippen LogP contribution in [0, 0.1) is 17.3 Å². The topological polar surface area (TPSA) is 63.3 Å². The number of hydrogen-bond acceptors (Lipinski definition) is 2. The van der Waals surface area contributed by atoms with Gasteiger partial charge in [-0.2, -0.15) is 0 Å². The first-order valence-electron chi connectivity index (χ1n) is 6.57. The maximum atomic E-state index is 10.9. The lowest BCUT2D eigenvalue weighted by molar-refractivity contribution is -0.141. The minimum absolute atomic E-state index is 0.0929. The van der Waals surface area contributed by atoms with Crippen molar-refractivity contribution in [1.29, 1.82) is 0 Å². The van der Waals surface area contributed by atoms with Gasteiger partial charge in [-0.25, -0.2) is 0 Å². The number of carboxylic acids is 1. The number of nitrogens with two attached hydrogens (primary N) is 1. The second kappa shape index (κ2) is 4.74. The molecule has 0 spiro atoms. The fraction of sp³-hybridized carbons (Fsp3) is 0.923. The van der Waals surface area contributed by atoms with E-state index in [9.17, 15) is 4.79 Å². The van der Waals surface area contributed by atoms with Crippen LogP contribution >= 0.6 is 0 Å². The van der Waals surface area contributed by atoms with Crippen LogP contribution in [0.5, 0.6) is 0 Å². The number of rotatable bonds is 3. The van der Waals surface area contributed by atoms with Gasteiger partial charge in [0.15, 0.2) is 0 Å². The summed E-state index contributed by atoms with van der Waals surface area (Å²) in [7, 11) is 0. The van der Waals surface area contributed by atoms with Gasteiger partial charge in [0.2, 0.25) is 0 Å². The van der Waals surface area contributed by atoms with Crippen molar-refractivity contribution in [2.45, 2.75) is 51.4 Å². The van der Waals surface area contributed by atoms with E-state index in [0.29, 0.717) is 6.54 Å². The number of carbonyl (C=O) groups is 1. The van der Waals surface area contributed by atoms with Gasteiger partial charge < -0.3 is 10.8 Å². The van der Waals surface area contributed by atoms with Gasteiger partial charge in [0.05, 0.1) is 6.42 Å². The fourth-order valence-electron chi connectivity index (χ4n) is 3.82. The number of fused-ring (bicyclic) bond motifs is 1. The zero-order valence-corrected chi connectivity index (χ0v) is 9.95. The van der Waals surface area contributed by atoms with Gasteiger partial charge in [-0.05, 0) is 43.1 Å². The Bertz CT molecular complexity index is 267. The third-order valence-corrected chi connectivity index (χ3v) is 4.77. The molecule has 0 aliphatic heterocycles. The Morgan fingerprint density at radius 3 is 2.56 bits per heavy atom. The average Bonchev–Trinajstić information content (AvgIpc) is 2.28. The molecule has 0 radical (unpaired) electrons. The van der Waals surface area contributed by atoms with Crippen molar-refractivity contribution in [2.24, 2.45) is 23.0 Å². The van der Waals surface area contributed by atoms with E-state index in [1.165, 1.54) is 32.1 Å². The van der Waals surface area contributed by atoms with Gasteiger partial charge in [0.25, 0.3) is 0 Å². The number of carboxylic acid groups (broad SMARTS) is 1. The van der Waals surface area contributed by atoms with Crippen LogP contribution in [-0.4, -0.2) is 17.6 Å². The normalized spacial score (nSPS) is 39.1. The van der Waals surface area contributed by atoms with Gasteiger partial charge in [0, 0.05) is 0 Å². The molecule has 0 heterocycles. The van der Waals surface area contributed by atoms with E-state index >= 15 is 0 Å². The standard InChI is InChI=1S/C13H23NO2/c14-9-13(8-12(15)16)6-5-10-3-1-2-4-11(10)7-13/h10-11H,1-9,14H2,(H,15,16)/t10-,11+,13-/m0/s1. The molecule has 3 nitrogen and oxygen atoms in total. The Balaban J connectivity index is 2.03. The van der Waals surface area contributed by atoms with E-state index in [0.717, 1.165) is 24.7 Å². The fourth-order valence-corrected chi connectivity index (χ4v) is 3.82. The molecule has 92 valence electrons. The highest BCUT2D eigenvalue weighted by Gasteiger charge is 2.41. The van der Waals surface area contributed by atoms with E-state index in [2.05, 4.69) is 0 Å². The average molecular weight is 225 g/mol. The molecule has 0 amide bonds. The summed E-state index contributed by atoms with van der Waals surface area (Å²) in [4.78, 5) is 10.9. The monoisotopic (exact) mass is 225 g/mol. The lowest BCUT2D eigenvalue weighted by Crippen LogP contribution is -2.41. The molecule has 0 unspecified atom stereocenters. The van der Waals surface area contributed by atoms with E-state index in [-0.39, 0.29) is 11.8 Å². The molecule has 0 aromatic heterocycles. The quantitative estimate of drug-likeness (QED) is 0.775. The van der Waals surface area contributed by atoms with Crippen molar-refractivity contribution in [2.75, 3.05) is 6.54 Å². The summed E-state index contributed by atoms with van der Waals surface area (Å²) in [5.41, 5.74) is 5.75. The molecule has 2 fully saturated rings. The molecule has 2 aliphatic carbocycles. The SMILES string of the molecule is NC[C@@]1(CC(=O)O)CC[C@@H]2CCCC[C@@H]2C1. The van der Waals surface area contributed by atoms with Gasteiger partial charge in [0.1, 0.15) is 0 Å². The maximum absolute atomic E-state index is 10.9. The molecule has 2 saturated carbocycles. The Kier molecular flexibility index (Phi) is 3.53. The molecule has 0 saturated heterocycles. The smallest absolute Gasteiger partial charge is 0.303 e. The summed E-state index contributed by atoms with van der Waals surface area (Å²) in [6.07, 6.45) is 8.91. The third kappa shape index (κ3) is 2.40. The van der Waals surface area contributed by atoms with Crippen molar-refractivity contribution < 1.29 is 9.90 Å². The van der Waals surface area contributed by atoms with Gasteiger partial charge in [-0.15, -0.1) is 0 Å². The van der Waals surface area contributed by atoms with Crippen molar-refractivity contribution >= 4 is 5.97 Å². The Morgan fingerprint density at radius 1 is 1.25 bits per heavy atom. The second-order valence-electron chi connectivity index (χ2n) is 5.82. The minimum atomic E-state index is -0.681. The first-order valence-corrected chi connectivity index (χ1v) is 6.57. The first kappa shape index (κ1) is 11.9.